The lowest BCUT2D eigenvalue weighted by atomic mass is 9.91. The summed E-state index contributed by atoms with van der Waals surface area (Å²) in [6, 6.07) is 0. The van der Waals surface area contributed by atoms with E-state index in [2.05, 4.69) is 22.6 Å². The molecule has 0 amide bonds. The largest absolute Gasteiger partial charge is 0.542 e. The highest BCUT2D eigenvalue weighted by molar-refractivity contribution is 14.1. The Morgan fingerprint density at radius 2 is 2.00 bits per heavy atom. The lowest BCUT2D eigenvalue weighted by molar-refractivity contribution is 0.651. The summed E-state index contributed by atoms with van der Waals surface area (Å²) in [5, 5.41) is 0. The molecule has 4 heteroatoms. The van der Waals surface area contributed by atoms with Crippen molar-refractivity contribution in [2.75, 3.05) is 0 Å². The Morgan fingerprint density at radius 1 is 1.57 bits per heavy atom. The summed E-state index contributed by atoms with van der Waals surface area (Å²) in [6.45, 7) is 0. The SMILES string of the molecule is FB(F)[C@@H]1C[C@H]1I. The molecule has 0 nitrogen and oxygen atoms in total. The Morgan fingerprint density at radius 3 is 2.00 bits per heavy atom. The summed E-state index contributed by atoms with van der Waals surface area (Å²) in [5.41, 5.74) is 0. The highest BCUT2D eigenvalue weighted by Gasteiger charge is 2.46. The van der Waals surface area contributed by atoms with Crippen LogP contribution in [0, 0.1) is 0 Å². The minimum absolute atomic E-state index is 0.262. The topological polar surface area (TPSA) is 0 Å². The van der Waals surface area contributed by atoms with E-state index >= 15 is 0 Å². The first-order valence-corrected chi connectivity index (χ1v) is 3.38. The molecule has 2 atom stereocenters. The Bertz CT molecular complexity index is 77.3. The van der Waals surface area contributed by atoms with Crippen LogP contribution in [0.4, 0.5) is 8.63 Å². The molecule has 0 radical (unpaired) electrons. The second-order valence-electron chi connectivity index (χ2n) is 1.75. The minimum atomic E-state index is -2.07. The quantitative estimate of drug-likeness (QED) is 0.357. The van der Waals surface area contributed by atoms with Gasteiger partial charge in [-0.1, -0.05) is 22.6 Å². The third-order valence-electron chi connectivity index (χ3n) is 1.08. The summed E-state index contributed by atoms with van der Waals surface area (Å²) in [5.74, 6) is -0.277. The molecule has 0 aliphatic heterocycles. The van der Waals surface area contributed by atoms with Crippen LogP contribution in [-0.2, 0) is 0 Å². The Hall–Kier alpha value is 0.655. The minimum Gasteiger partial charge on any atom is -0.287 e. The van der Waals surface area contributed by atoms with Gasteiger partial charge in [-0.2, -0.15) is 0 Å². The van der Waals surface area contributed by atoms with Crippen LogP contribution in [0.1, 0.15) is 6.42 Å². The van der Waals surface area contributed by atoms with Crippen molar-refractivity contribution in [2.24, 2.45) is 0 Å². The zero-order chi connectivity index (χ0) is 5.44. The molecule has 0 spiro atoms. The summed E-state index contributed by atoms with van der Waals surface area (Å²) in [6.07, 6.45) is 0.720. The molecule has 1 rings (SSSR count). The van der Waals surface area contributed by atoms with E-state index in [0.717, 1.165) is 6.42 Å². The molecule has 1 fully saturated rings. The smallest absolute Gasteiger partial charge is 0.287 e. The van der Waals surface area contributed by atoms with Crippen molar-refractivity contribution < 1.29 is 8.63 Å². The summed E-state index contributed by atoms with van der Waals surface area (Å²) >= 11 is 2.05. The molecular weight excluding hydrogens is 212 g/mol. The van der Waals surface area contributed by atoms with Crippen LogP contribution in [0.2, 0.25) is 5.82 Å². The van der Waals surface area contributed by atoms with Gasteiger partial charge in [-0.05, 0) is 6.42 Å². The van der Waals surface area contributed by atoms with Crippen molar-refractivity contribution in [2.45, 2.75) is 16.2 Å². The first kappa shape index (κ1) is 5.79. The molecule has 0 N–H and O–H groups in total. The third-order valence-corrected chi connectivity index (χ3v) is 2.51. The van der Waals surface area contributed by atoms with Crippen molar-refractivity contribution in [3.8, 4) is 0 Å². The number of rotatable bonds is 1. The normalized spacial score (nSPS) is 38.1. The van der Waals surface area contributed by atoms with E-state index in [1.54, 1.807) is 0 Å². The van der Waals surface area contributed by atoms with E-state index in [-0.39, 0.29) is 9.74 Å². The number of hydrogen-bond donors (Lipinski definition) is 0. The predicted octanol–water partition coefficient (Wildman–Crippen LogP) is 1.99. The molecule has 7 heavy (non-hydrogen) atoms. The van der Waals surface area contributed by atoms with E-state index < -0.39 is 7.27 Å². The summed E-state index contributed by atoms with van der Waals surface area (Å²) in [7, 11) is -2.07. The van der Waals surface area contributed by atoms with E-state index in [9.17, 15) is 8.63 Å². The molecule has 0 heterocycles. The van der Waals surface area contributed by atoms with Crippen LogP contribution in [0.15, 0.2) is 0 Å². The monoisotopic (exact) mass is 216 g/mol. The van der Waals surface area contributed by atoms with Crippen LogP contribution in [-0.4, -0.2) is 11.2 Å². The fourth-order valence-corrected chi connectivity index (χ4v) is 1.34. The molecular formula is C3H4BF2I. The number of hydrogen-bond acceptors (Lipinski definition) is 0. The second kappa shape index (κ2) is 1.87. The van der Waals surface area contributed by atoms with Gasteiger partial charge in [-0.15, -0.1) is 0 Å². The molecule has 0 bridgehead atoms. The van der Waals surface area contributed by atoms with E-state index in [0.29, 0.717) is 0 Å². The van der Waals surface area contributed by atoms with Crippen molar-refractivity contribution in [1.82, 2.24) is 0 Å². The summed E-state index contributed by atoms with van der Waals surface area (Å²) < 4.78 is 23.2. The van der Waals surface area contributed by atoms with Gasteiger partial charge in [0.2, 0.25) is 0 Å². The van der Waals surface area contributed by atoms with Crippen LogP contribution < -0.4 is 0 Å². The molecule has 0 aromatic carbocycles. The van der Waals surface area contributed by atoms with Gasteiger partial charge in [0, 0.05) is 9.74 Å². The molecule has 0 unspecified atom stereocenters. The maximum atomic E-state index is 11.5. The van der Waals surface area contributed by atoms with Crippen LogP contribution in [0.25, 0.3) is 0 Å². The molecule has 1 aliphatic rings. The Kier molecular flexibility index (Phi) is 1.55. The van der Waals surface area contributed by atoms with E-state index in [1.807, 2.05) is 0 Å². The average Bonchev–Trinajstić information content (AvgIpc) is 2.17. The van der Waals surface area contributed by atoms with Crippen LogP contribution in [0.5, 0.6) is 0 Å². The van der Waals surface area contributed by atoms with Gasteiger partial charge >= 0.3 is 7.27 Å². The first-order valence-electron chi connectivity index (χ1n) is 2.14. The molecule has 1 saturated carbocycles. The standard InChI is InChI=1S/C3H4BF2I/c5-4(6)2-1-3(2)7/h2-3H,1H2/t2-,3-/m1/s1. The lowest BCUT2D eigenvalue weighted by Crippen LogP contribution is -1.95. The van der Waals surface area contributed by atoms with Gasteiger partial charge in [-0.3, -0.25) is 8.63 Å². The second-order valence-corrected chi connectivity index (χ2v) is 3.35. The Labute approximate surface area is 55.0 Å². The molecule has 0 saturated heterocycles. The van der Waals surface area contributed by atoms with Crippen molar-refractivity contribution in [1.29, 1.82) is 0 Å². The fourth-order valence-electron chi connectivity index (χ4n) is 0.442. The maximum Gasteiger partial charge on any atom is 0.542 e. The number of alkyl halides is 1. The van der Waals surface area contributed by atoms with Gasteiger partial charge in [-0.25, -0.2) is 0 Å². The zero-order valence-corrected chi connectivity index (χ0v) is 5.73. The third kappa shape index (κ3) is 1.27. The molecule has 40 valence electrons. The van der Waals surface area contributed by atoms with Crippen LogP contribution >= 0.6 is 22.6 Å². The highest BCUT2D eigenvalue weighted by Crippen LogP contribution is 2.46. The fraction of sp³-hybridized carbons (Fsp3) is 1.00. The Balaban J connectivity index is 2.20. The van der Waals surface area contributed by atoms with Gasteiger partial charge in [0.15, 0.2) is 0 Å². The molecule has 0 aromatic heterocycles. The van der Waals surface area contributed by atoms with Gasteiger partial charge in [0.25, 0.3) is 0 Å². The van der Waals surface area contributed by atoms with E-state index in [4.69, 9.17) is 0 Å². The zero-order valence-electron chi connectivity index (χ0n) is 3.57. The maximum absolute atomic E-state index is 11.5. The number of halogens is 3. The molecule has 0 aromatic rings. The predicted molar refractivity (Wildman–Crippen MR) is 34.1 cm³/mol. The first-order chi connectivity index (χ1) is 3.22. The van der Waals surface area contributed by atoms with Crippen molar-refractivity contribution in [3.05, 3.63) is 0 Å². The summed E-state index contributed by atoms with van der Waals surface area (Å²) in [4.78, 5) is 0. The van der Waals surface area contributed by atoms with Gasteiger partial charge < -0.3 is 0 Å². The lowest BCUT2D eigenvalue weighted by Gasteiger charge is -1.80. The van der Waals surface area contributed by atoms with Crippen LogP contribution in [0.3, 0.4) is 0 Å². The van der Waals surface area contributed by atoms with Crippen molar-refractivity contribution in [3.63, 3.8) is 0 Å². The van der Waals surface area contributed by atoms with E-state index in [1.165, 1.54) is 0 Å². The van der Waals surface area contributed by atoms with Gasteiger partial charge in [0.05, 0.1) is 0 Å². The molecule has 1 aliphatic carbocycles. The van der Waals surface area contributed by atoms with Crippen molar-refractivity contribution >= 4 is 29.9 Å². The average molecular weight is 216 g/mol. The highest BCUT2D eigenvalue weighted by atomic mass is 127. The van der Waals surface area contributed by atoms with Gasteiger partial charge in [0.1, 0.15) is 0 Å².